The number of aliphatic hydroxyl groups excluding tert-OH is 1. The number of hydrogen-bond acceptors (Lipinski definition) is 3. The van der Waals surface area contributed by atoms with Crippen LogP contribution < -0.4 is 0 Å². The monoisotopic (exact) mass is 297 g/mol. The highest BCUT2D eigenvalue weighted by atomic mass is 19.1. The number of alkyl halides is 1. The minimum Gasteiger partial charge on any atom is -0.394 e. The predicted octanol–water partition coefficient (Wildman–Crippen LogP) is 1.02. The van der Waals surface area contributed by atoms with Crippen LogP contribution in [0.5, 0.6) is 0 Å². The highest BCUT2D eigenvalue weighted by Crippen LogP contribution is 2.23. The predicted molar refractivity (Wildman–Crippen MR) is 77.8 cm³/mol. The van der Waals surface area contributed by atoms with Gasteiger partial charge in [0.25, 0.3) is 0 Å². The minimum atomic E-state index is -1.03. The number of hydrogen-bond donors (Lipinski definition) is 1. The van der Waals surface area contributed by atoms with Gasteiger partial charge in [-0.25, -0.2) is 4.39 Å². The Morgan fingerprint density at radius 2 is 2.14 bits per heavy atom. The van der Waals surface area contributed by atoms with Gasteiger partial charge < -0.3 is 10.0 Å². The van der Waals surface area contributed by atoms with E-state index < -0.39 is 6.17 Å². The molecule has 0 radical (unpaired) electrons. The summed E-state index contributed by atoms with van der Waals surface area (Å²) in [5.41, 5.74) is 2.95. The van der Waals surface area contributed by atoms with E-state index in [1.54, 1.807) is 0 Å². The molecule has 0 aromatic carbocycles. The number of carbonyl (C=O) groups excluding carboxylic acids is 1. The molecule has 2 heterocycles. The molecule has 1 saturated heterocycles. The Labute approximate surface area is 124 Å². The van der Waals surface area contributed by atoms with Gasteiger partial charge in [0.05, 0.1) is 31.3 Å². The molecule has 2 atom stereocenters. The number of halogens is 1. The van der Waals surface area contributed by atoms with Gasteiger partial charge in [0.15, 0.2) is 0 Å². The fourth-order valence-electron chi connectivity index (χ4n) is 3.18. The van der Waals surface area contributed by atoms with Crippen LogP contribution in [-0.4, -0.2) is 51.1 Å². The summed E-state index contributed by atoms with van der Waals surface area (Å²) in [4.78, 5) is 14.0. The first kappa shape index (κ1) is 15.9. The molecule has 0 unspecified atom stereocenters. The summed E-state index contributed by atoms with van der Waals surface area (Å²) in [6.45, 7) is 3.96. The second-order valence-electron chi connectivity index (χ2n) is 5.59. The van der Waals surface area contributed by atoms with Crippen LogP contribution in [0.15, 0.2) is 0 Å². The molecule has 6 heteroatoms. The van der Waals surface area contributed by atoms with Gasteiger partial charge >= 0.3 is 0 Å². The van der Waals surface area contributed by atoms with E-state index in [9.17, 15) is 14.3 Å². The molecule has 1 fully saturated rings. The summed E-state index contributed by atoms with van der Waals surface area (Å²) < 4.78 is 15.3. The topological polar surface area (TPSA) is 58.4 Å². The number of aryl methyl sites for hydroxylation is 2. The van der Waals surface area contributed by atoms with Gasteiger partial charge in [-0.3, -0.25) is 9.48 Å². The Morgan fingerprint density at radius 1 is 1.43 bits per heavy atom. The van der Waals surface area contributed by atoms with E-state index in [1.165, 1.54) is 4.90 Å². The zero-order chi connectivity index (χ0) is 15.6. The van der Waals surface area contributed by atoms with E-state index in [-0.39, 0.29) is 37.9 Å². The molecule has 2 rings (SSSR count). The molecule has 0 spiro atoms. The number of aliphatic hydroxyl groups is 1. The fraction of sp³-hybridized carbons (Fsp3) is 0.733. The first-order chi connectivity index (χ1) is 10.0. The van der Waals surface area contributed by atoms with Crippen molar-refractivity contribution in [3.8, 4) is 0 Å². The number of rotatable bonds is 5. The quantitative estimate of drug-likeness (QED) is 0.883. The van der Waals surface area contributed by atoms with Gasteiger partial charge in [-0.15, -0.1) is 0 Å². The lowest BCUT2D eigenvalue weighted by molar-refractivity contribution is -0.132. The van der Waals surface area contributed by atoms with Crippen LogP contribution in [0.25, 0.3) is 0 Å². The van der Waals surface area contributed by atoms with Crippen molar-refractivity contribution in [2.75, 3.05) is 13.2 Å². The molecule has 1 aliphatic heterocycles. The highest BCUT2D eigenvalue weighted by Gasteiger charge is 2.35. The Bertz CT molecular complexity index is 515. The van der Waals surface area contributed by atoms with Crippen LogP contribution in [0.4, 0.5) is 4.39 Å². The SMILES string of the molecule is CCc1nn(C)c(CC)c1CC(=O)N1C[C@@H](F)C[C@H]1CO. The molecule has 0 bridgehead atoms. The number of aromatic nitrogens is 2. The van der Waals surface area contributed by atoms with Crippen LogP contribution in [0.2, 0.25) is 0 Å². The molecule has 1 amide bonds. The molecule has 1 aromatic heterocycles. The number of amides is 1. The molecule has 1 aliphatic rings. The van der Waals surface area contributed by atoms with Crippen molar-refractivity contribution < 1.29 is 14.3 Å². The molecule has 21 heavy (non-hydrogen) atoms. The van der Waals surface area contributed by atoms with Crippen LogP contribution in [0, 0.1) is 0 Å². The Balaban J connectivity index is 2.19. The van der Waals surface area contributed by atoms with Crippen LogP contribution in [0.3, 0.4) is 0 Å². The first-order valence-corrected chi connectivity index (χ1v) is 7.59. The zero-order valence-corrected chi connectivity index (χ0v) is 13.0. The van der Waals surface area contributed by atoms with Crippen molar-refractivity contribution >= 4 is 5.91 Å². The standard InChI is InChI=1S/C15H24FN3O2/c1-4-13-12(14(5-2)18(3)17-13)7-15(21)19-8-10(16)6-11(19)9-20/h10-11,20H,4-9H2,1-3H3/t10-,11-/m0/s1. The second kappa shape index (κ2) is 6.56. The lowest BCUT2D eigenvalue weighted by atomic mass is 10.0. The van der Waals surface area contributed by atoms with E-state index in [0.717, 1.165) is 29.8 Å². The van der Waals surface area contributed by atoms with Gasteiger partial charge in [-0.2, -0.15) is 5.10 Å². The maximum absolute atomic E-state index is 13.5. The zero-order valence-electron chi connectivity index (χ0n) is 13.0. The summed E-state index contributed by atoms with van der Waals surface area (Å²) >= 11 is 0. The molecule has 5 nitrogen and oxygen atoms in total. The van der Waals surface area contributed by atoms with Gasteiger partial charge in [0, 0.05) is 24.7 Å². The van der Waals surface area contributed by atoms with Crippen molar-refractivity contribution in [2.45, 2.75) is 51.7 Å². The Hall–Kier alpha value is -1.43. The first-order valence-electron chi connectivity index (χ1n) is 7.59. The van der Waals surface area contributed by atoms with Crippen LogP contribution >= 0.6 is 0 Å². The van der Waals surface area contributed by atoms with E-state index in [0.29, 0.717) is 0 Å². The summed E-state index contributed by atoms with van der Waals surface area (Å²) in [5, 5.41) is 13.8. The molecule has 0 aliphatic carbocycles. The third-order valence-corrected chi connectivity index (χ3v) is 4.25. The summed E-state index contributed by atoms with van der Waals surface area (Å²) in [5.74, 6) is -0.119. The van der Waals surface area contributed by atoms with Crippen molar-refractivity contribution in [2.24, 2.45) is 7.05 Å². The number of likely N-dealkylation sites (tertiary alicyclic amines) is 1. The van der Waals surface area contributed by atoms with Crippen molar-refractivity contribution in [3.63, 3.8) is 0 Å². The summed E-state index contributed by atoms with van der Waals surface area (Å²) in [6, 6.07) is -0.390. The van der Waals surface area contributed by atoms with Crippen LogP contribution in [-0.2, 0) is 31.1 Å². The normalized spacial score (nSPS) is 22.0. The highest BCUT2D eigenvalue weighted by molar-refractivity contribution is 5.80. The van der Waals surface area contributed by atoms with Crippen LogP contribution in [0.1, 0.15) is 37.2 Å². The fourth-order valence-corrected chi connectivity index (χ4v) is 3.18. The second-order valence-corrected chi connectivity index (χ2v) is 5.59. The lowest BCUT2D eigenvalue weighted by Gasteiger charge is -2.22. The average molecular weight is 297 g/mol. The molecule has 1 N–H and O–H groups in total. The molecule has 0 saturated carbocycles. The molecule has 1 aromatic rings. The van der Waals surface area contributed by atoms with E-state index in [4.69, 9.17) is 0 Å². The number of nitrogens with zero attached hydrogens (tertiary/aromatic N) is 3. The van der Waals surface area contributed by atoms with Gasteiger partial charge in [0.2, 0.25) is 5.91 Å². The Morgan fingerprint density at radius 3 is 2.71 bits per heavy atom. The Kier molecular flexibility index (Phi) is 4.98. The summed E-state index contributed by atoms with van der Waals surface area (Å²) in [6.07, 6.45) is 1.02. The smallest absolute Gasteiger partial charge is 0.227 e. The third-order valence-electron chi connectivity index (χ3n) is 4.25. The lowest BCUT2D eigenvalue weighted by Crippen LogP contribution is -2.39. The van der Waals surface area contributed by atoms with Crippen molar-refractivity contribution in [1.82, 2.24) is 14.7 Å². The van der Waals surface area contributed by atoms with E-state index in [2.05, 4.69) is 5.10 Å². The summed E-state index contributed by atoms with van der Waals surface area (Å²) in [7, 11) is 1.88. The van der Waals surface area contributed by atoms with Gasteiger partial charge in [0.1, 0.15) is 6.17 Å². The minimum absolute atomic E-state index is 0.0905. The van der Waals surface area contributed by atoms with Crippen molar-refractivity contribution in [3.05, 3.63) is 17.0 Å². The van der Waals surface area contributed by atoms with Gasteiger partial charge in [-0.05, 0) is 12.8 Å². The molecular weight excluding hydrogens is 273 g/mol. The van der Waals surface area contributed by atoms with Crippen molar-refractivity contribution in [1.29, 1.82) is 0 Å². The number of carbonyl (C=O) groups is 1. The van der Waals surface area contributed by atoms with E-state index >= 15 is 0 Å². The molecular formula is C15H24FN3O2. The van der Waals surface area contributed by atoms with E-state index in [1.807, 2.05) is 25.6 Å². The average Bonchev–Trinajstić information content (AvgIpc) is 2.98. The maximum Gasteiger partial charge on any atom is 0.227 e. The molecule has 118 valence electrons. The third kappa shape index (κ3) is 3.10. The van der Waals surface area contributed by atoms with Gasteiger partial charge in [-0.1, -0.05) is 13.8 Å². The largest absolute Gasteiger partial charge is 0.394 e. The maximum atomic E-state index is 13.5.